The van der Waals surface area contributed by atoms with Crippen LogP contribution in [0.3, 0.4) is 0 Å². The van der Waals surface area contributed by atoms with Crippen LogP contribution < -0.4 is 0 Å². The van der Waals surface area contributed by atoms with E-state index >= 15 is 4.39 Å². The monoisotopic (exact) mass is 428 g/mol. The molecule has 0 amide bonds. The Morgan fingerprint density at radius 3 is 2.68 bits per heavy atom. The van der Waals surface area contributed by atoms with Crippen molar-refractivity contribution in [2.75, 3.05) is 13.7 Å². The number of carbonyl (C=O) groups is 1. The lowest BCUT2D eigenvalue weighted by Gasteiger charge is -2.28. The van der Waals surface area contributed by atoms with E-state index in [1.54, 1.807) is 30.0 Å². The molecule has 0 bridgehead atoms. The van der Waals surface area contributed by atoms with Crippen molar-refractivity contribution < 1.29 is 23.4 Å². The lowest BCUT2D eigenvalue weighted by Crippen LogP contribution is -2.28. The van der Waals surface area contributed by atoms with Crippen molar-refractivity contribution in [1.29, 1.82) is 0 Å². The Balaban J connectivity index is 2.15. The van der Waals surface area contributed by atoms with Crippen LogP contribution in [0.15, 0.2) is 36.5 Å². The van der Waals surface area contributed by atoms with E-state index in [-0.39, 0.29) is 12.2 Å². The minimum Gasteiger partial charge on any atom is -0.481 e. The van der Waals surface area contributed by atoms with Crippen molar-refractivity contribution in [3.8, 4) is 5.69 Å². The number of aromatic amines is 1. The summed E-state index contributed by atoms with van der Waals surface area (Å²) in [5, 5.41) is 16.7. The first-order chi connectivity index (χ1) is 14.7. The zero-order chi connectivity index (χ0) is 22.3. The van der Waals surface area contributed by atoms with Crippen molar-refractivity contribution in [2.45, 2.75) is 31.9 Å². The largest absolute Gasteiger partial charge is 0.481 e. The maximum atomic E-state index is 15.5. The quantitative estimate of drug-likeness (QED) is 0.454. The Kier molecular flexibility index (Phi) is 5.22. The molecule has 3 aromatic heterocycles. The molecular weight excluding hydrogens is 406 g/mol. The highest BCUT2D eigenvalue weighted by Gasteiger charge is 2.36. The van der Waals surface area contributed by atoms with Gasteiger partial charge in [-0.1, -0.05) is 13.8 Å². The van der Waals surface area contributed by atoms with Crippen LogP contribution in [-0.4, -0.2) is 44.5 Å². The number of H-pyrrole nitrogens is 1. The van der Waals surface area contributed by atoms with Crippen LogP contribution in [0, 0.1) is 5.82 Å². The number of hydrogen-bond acceptors (Lipinski definition) is 4. The number of pyridine rings is 1. The number of carboxylic acids is 1. The average Bonchev–Trinajstić information content (AvgIpc) is 3.28. The number of nitrogens with zero attached hydrogens (tertiary/aromatic N) is 3. The third-order valence-corrected chi connectivity index (χ3v) is 5.28. The van der Waals surface area contributed by atoms with Gasteiger partial charge in [-0.05, 0) is 30.3 Å². The van der Waals surface area contributed by atoms with E-state index in [2.05, 4.69) is 15.2 Å². The SMILES string of the molecule is COCC(C)(C)c1c([C@@H](F)CC(=O)O)c2nc3[nH]ncc3cc2n1-c1ccc(F)cc1. The molecule has 0 aliphatic heterocycles. The summed E-state index contributed by atoms with van der Waals surface area (Å²) in [5.41, 5.74) is 1.95. The molecule has 3 heterocycles. The third kappa shape index (κ3) is 3.65. The van der Waals surface area contributed by atoms with E-state index in [1.165, 1.54) is 12.1 Å². The van der Waals surface area contributed by atoms with E-state index in [0.717, 1.165) is 0 Å². The first kappa shape index (κ1) is 20.9. The van der Waals surface area contributed by atoms with Gasteiger partial charge in [-0.15, -0.1) is 0 Å². The van der Waals surface area contributed by atoms with E-state index in [9.17, 15) is 14.3 Å². The van der Waals surface area contributed by atoms with Crippen LogP contribution in [0.5, 0.6) is 0 Å². The number of ether oxygens (including phenoxy) is 1. The highest BCUT2D eigenvalue weighted by atomic mass is 19.1. The van der Waals surface area contributed by atoms with Gasteiger partial charge in [-0.25, -0.2) is 13.8 Å². The summed E-state index contributed by atoms with van der Waals surface area (Å²) in [6, 6.07) is 7.64. The number of rotatable bonds is 7. The van der Waals surface area contributed by atoms with Gasteiger partial charge < -0.3 is 14.4 Å². The molecule has 31 heavy (non-hydrogen) atoms. The highest BCUT2D eigenvalue weighted by molar-refractivity contribution is 5.94. The standard InChI is InChI=1S/C22H22F2N4O3/c1-22(2,11-31-3)20-18(15(24)9-17(29)30)19-16(8-12-10-25-27-21(12)26-19)28(20)14-6-4-13(23)5-7-14/h4-8,10,15H,9,11H2,1-3H3,(H,29,30)(H,25,26,27)/t15-/m0/s1. The van der Waals surface area contributed by atoms with Crippen LogP contribution in [0.25, 0.3) is 27.8 Å². The number of benzene rings is 1. The van der Waals surface area contributed by atoms with Crippen LogP contribution in [-0.2, 0) is 14.9 Å². The topological polar surface area (TPSA) is 93.0 Å². The van der Waals surface area contributed by atoms with Crippen LogP contribution >= 0.6 is 0 Å². The molecule has 0 aliphatic carbocycles. The summed E-state index contributed by atoms with van der Waals surface area (Å²) in [6.07, 6.45) is -0.907. The molecule has 0 spiro atoms. The third-order valence-electron chi connectivity index (χ3n) is 5.28. The zero-order valence-corrected chi connectivity index (χ0v) is 17.3. The van der Waals surface area contributed by atoms with Gasteiger partial charge in [0, 0.05) is 34.9 Å². The molecule has 4 rings (SSSR count). The molecule has 0 saturated heterocycles. The van der Waals surface area contributed by atoms with E-state index in [4.69, 9.17) is 4.74 Å². The summed E-state index contributed by atoms with van der Waals surface area (Å²) in [7, 11) is 1.55. The zero-order valence-electron chi connectivity index (χ0n) is 17.3. The fourth-order valence-electron chi connectivity index (χ4n) is 4.10. The van der Waals surface area contributed by atoms with E-state index in [0.29, 0.717) is 33.4 Å². The van der Waals surface area contributed by atoms with E-state index in [1.807, 2.05) is 19.9 Å². The van der Waals surface area contributed by atoms with Gasteiger partial charge in [0.1, 0.15) is 12.0 Å². The van der Waals surface area contributed by atoms with Crippen molar-refractivity contribution in [3.63, 3.8) is 0 Å². The number of aliphatic carboxylic acids is 1. The smallest absolute Gasteiger partial charge is 0.306 e. The molecule has 0 saturated carbocycles. The summed E-state index contributed by atoms with van der Waals surface area (Å²) >= 11 is 0. The van der Waals surface area contributed by atoms with Crippen molar-refractivity contribution in [2.24, 2.45) is 0 Å². The van der Waals surface area contributed by atoms with Crippen molar-refractivity contribution in [3.05, 3.63) is 53.6 Å². The van der Waals surface area contributed by atoms with Gasteiger partial charge in [0.25, 0.3) is 0 Å². The van der Waals surface area contributed by atoms with Crippen LogP contribution in [0.1, 0.15) is 37.7 Å². The molecule has 4 aromatic rings. The van der Waals surface area contributed by atoms with E-state index < -0.39 is 29.8 Å². The summed E-state index contributed by atoms with van der Waals surface area (Å²) in [6.45, 7) is 4.01. The van der Waals surface area contributed by atoms with Crippen LogP contribution in [0.4, 0.5) is 8.78 Å². The summed E-state index contributed by atoms with van der Waals surface area (Å²) < 4.78 is 36.3. The predicted octanol–water partition coefficient (Wildman–Crippen LogP) is 4.45. The van der Waals surface area contributed by atoms with Crippen LogP contribution in [0.2, 0.25) is 0 Å². The minimum atomic E-state index is -1.80. The Bertz CT molecular complexity index is 1260. The number of alkyl halides is 1. The maximum Gasteiger partial charge on any atom is 0.306 e. The van der Waals surface area contributed by atoms with Gasteiger partial charge in [0.05, 0.1) is 30.3 Å². The molecule has 1 aromatic carbocycles. The highest BCUT2D eigenvalue weighted by Crippen LogP contribution is 2.42. The van der Waals surface area contributed by atoms with Gasteiger partial charge >= 0.3 is 5.97 Å². The summed E-state index contributed by atoms with van der Waals surface area (Å²) in [4.78, 5) is 15.9. The Morgan fingerprint density at radius 2 is 2.03 bits per heavy atom. The molecular formula is C22H22F2N4O3. The Labute approximate surface area is 176 Å². The molecule has 0 fully saturated rings. The second-order valence-corrected chi connectivity index (χ2v) is 8.12. The lowest BCUT2D eigenvalue weighted by atomic mass is 9.85. The van der Waals surface area contributed by atoms with Gasteiger partial charge in [-0.3, -0.25) is 9.89 Å². The van der Waals surface area contributed by atoms with Gasteiger partial charge in [0.15, 0.2) is 5.65 Å². The number of nitrogens with one attached hydrogen (secondary N) is 1. The van der Waals surface area contributed by atoms with Gasteiger partial charge in [0.2, 0.25) is 0 Å². The lowest BCUT2D eigenvalue weighted by molar-refractivity contribution is -0.138. The Morgan fingerprint density at radius 1 is 1.32 bits per heavy atom. The van der Waals surface area contributed by atoms with Crippen molar-refractivity contribution >= 4 is 28.0 Å². The molecule has 162 valence electrons. The summed E-state index contributed by atoms with van der Waals surface area (Å²) in [5.74, 6) is -1.66. The molecule has 7 nitrogen and oxygen atoms in total. The second kappa shape index (κ2) is 7.73. The predicted molar refractivity (Wildman–Crippen MR) is 112 cm³/mol. The number of aromatic nitrogens is 4. The molecule has 0 radical (unpaired) electrons. The normalized spacial score (nSPS) is 13.2. The molecule has 1 atom stereocenters. The fourth-order valence-corrected chi connectivity index (χ4v) is 4.10. The van der Waals surface area contributed by atoms with Gasteiger partial charge in [-0.2, -0.15) is 5.10 Å². The number of fused-ring (bicyclic) bond motifs is 2. The fraction of sp³-hybridized carbons (Fsp3) is 0.318. The van der Waals surface area contributed by atoms with Crippen molar-refractivity contribution in [1.82, 2.24) is 19.7 Å². The average molecular weight is 428 g/mol. The molecule has 0 aliphatic rings. The second-order valence-electron chi connectivity index (χ2n) is 8.12. The maximum absolute atomic E-state index is 15.5. The molecule has 2 N–H and O–H groups in total. The molecule has 0 unspecified atom stereocenters. The molecule has 9 heteroatoms. The number of hydrogen-bond donors (Lipinski definition) is 2. The Hall–Kier alpha value is -3.33. The number of carboxylic acid groups (broad SMARTS) is 1. The number of methoxy groups -OCH3 is 1. The first-order valence-corrected chi connectivity index (χ1v) is 9.72. The number of halogens is 2. The minimum absolute atomic E-state index is 0.181. The first-order valence-electron chi connectivity index (χ1n) is 9.72.